The van der Waals surface area contributed by atoms with E-state index in [2.05, 4.69) is 11.9 Å². The topological polar surface area (TPSA) is 193 Å². The number of benzene rings is 1. The molecule has 196 valence electrons. The van der Waals surface area contributed by atoms with Gasteiger partial charge in [0.15, 0.2) is 34.7 Å². The molecule has 5 N–H and O–H groups in total. The van der Waals surface area contributed by atoms with E-state index in [1.165, 1.54) is 12.1 Å². The third kappa shape index (κ3) is 3.88. The Morgan fingerprint density at radius 1 is 1.24 bits per heavy atom. The Kier molecular flexibility index (Phi) is 6.40. The minimum Gasteiger partial charge on any atom is -0.505 e. The van der Waals surface area contributed by atoms with Gasteiger partial charge >= 0.3 is 6.09 Å². The van der Waals surface area contributed by atoms with Gasteiger partial charge in [0.2, 0.25) is 5.91 Å². The van der Waals surface area contributed by atoms with Gasteiger partial charge in [-0.3, -0.25) is 29.3 Å². The molecule has 0 spiro atoms. The van der Waals surface area contributed by atoms with Gasteiger partial charge in [0.1, 0.15) is 12.4 Å². The first-order chi connectivity index (χ1) is 17.3. The zero-order chi connectivity index (χ0) is 27.4. The molecule has 0 radical (unpaired) electrons. The van der Waals surface area contributed by atoms with Crippen molar-refractivity contribution in [2.45, 2.75) is 24.9 Å². The number of anilines is 2. The van der Waals surface area contributed by atoms with Gasteiger partial charge in [0.25, 0.3) is 0 Å². The van der Waals surface area contributed by atoms with Crippen molar-refractivity contribution in [1.82, 2.24) is 0 Å². The first kappa shape index (κ1) is 26.0. The van der Waals surface area contributed by atoms with Crippen molar-refractivity contribution in [3.05, 3.63) is 29.8 Å². The Balaban J connectivity index is 1.80. The number of ketones is 4. The molecule has 2 saturated carbocycles. The van der Waals surface area contributed by atoms with Crippen LogP contribution in [0.5, 0.6) is 5.75 Å². The molecule has 12 heteroatoms. The SMILES string of the molecule is C=CCOC(=O)Nc1cc(N(C)C)c2c(c1O)C(=O)C1C(=O)[C@]3(O)C(=O)C(C(N)=O)C(=O)C[C@@H]3C[C@@H]1C2. The van der Waals surface area contributed by atoms with Gasteiger partial charge in [-0.1, -0.05) is 12.7 Å². The van der Waals surface area contributed by atoms with Crippen molar-refractivity contribution in [3.8, 4) is 5.75 Å². The average Bonchev–Trinajstić information content (AvgIpc) is 2.81. The first-order valence-electron chi connectivity index (χ1n) is 11.6. The van der Waals surface area contributed by atoms with Crippen molar-refractivity contribution in [2.75, 3.05) is 30.9 Å². The Bertz CT molecular complexity index is 1270. The summed E-state index contributed by atoms with van der Waals surface area (Å²) >= 11 is 0. The number of hydrogen-bond acceptors (Lipinski definition) is 10. The van der Waals surface area contributed by atoms with E-state index < -0.39 is 76.6 Å². The van der Waals surface area contributed by atoms with Gasteiger partial charge in [-0.25, -0.2) is 4.79 Å². The summed E-state index contributed by atoms with van der Waals surface area (Å²) in [6, 6.07) is 1.46. The van der Waals surface area contributed by atoms with Crippen LogP contribution in [-0.2, 0) is 30.3 Å². The molecule has 3 aliphatic carbocycles. The summed E-state index contributed by atoms with van der Waals surface area (Å²) in [7, 11) is 3.38. The monoisotopic (exact) mass is 513 g/mol. The number of primary amides is 1. The number of aliphatic hydroxyl groups is 1. The maximum absolute atomic E-state index is 13.7. The number of carbonyl (C=O) groups is 6. The summed E-state index contributed by atoms with van der Waals surface area (Å²) in [5.74, 6) is -11.2. The predicted octanol–water partition coefficient (Wildman–Crippen LogP) is 0.127. The quantitative estimate of drug-likeness (QED) is 0.239. The van der Waals surface area contributed by atoms with E-state index in [0.29, 0.717) is 11.3 Å². The maximum atomic E-state index is 13.7. The van der Waals surface area contributed by atoms with Gasteiger partial charge in [-0.2, -0.15) is 0 Å². The van der Waals surface area contributed by atoms with Crippen molar-refractivity contribution < 1.29 is 43.7 Å². The number of aromatic hydroxyl groups is 1. The lowest BCUT2D eigenvalue weighted by Crippen LogP contribution is -2.68. The van der Waals surface area contributed by atoms with E-state index in [-0.39, 0.29) is 30.7 Å². The Morgan fingerprint density at radius 2 is 1.92 bits per heavy atom. The molecule has 5 atom stereocenters. The highest BCUT2D eigenvalue weighted by molar-refractivity contribution is 6.31. The number of rotatable bonds is 5. The standard InChI is InChI=1S/C25H27N3O9/c1-4-5-37-24(35)27-13-9-14(28(2)3)12-7-10-6-11-8-15(29)18(23(26)34)22(33)25(11,36)21(32)16(10)20(31)17(12)19(13)30/h4,9-11,16,18,30,36H,1,5-8H2,2-3H3,(H2,26,34)(H,27,35)/t10-,11+,16?,18?,25+/m1/s1. The third-order valence-electron chi connectivity index (χ3n) is 7.43. The van der Waals surface area contributed by atoms with Crippen LogP contribution in [0, 0.1) is 23.7 Å². The second kappa shape index (κ2) is 9.11. The van der Waals surface area contributed by atoms with Gasteiger partial charge in [-0.15, -0.1) is 0 Å². The van der Waals surface area contributed by atoms with Crippen LogP contribution in [0.4, 0.5) is 16.2 Å². The number of phenolic OH excluding ortho intramolecular Hbond substituents is 1. The van der Waals surface area contributed by atoms with Crippen LogP contribution in [0.25, 0.3) is 0 Å². The van der Waals surface area contributed by atoms with Crippen LogP contribution in [0.15, 0.2) is 18.7 Å². The Morgan fingerprint density at radius 3 is 2.51 bits per heavy atom. The van der Waals surface area contributed by atoms with Crippen LogP contribution in [0.1, 0.15) is 28.8 Å². The van der Waals surface area contributed by atoms with Crippen LogP contribution in [0.2, 0.25) is 0 Å². The summed E-state index contributed by atoms with van der Waals surface area (Å²) in [6.07, 6.45) is 0.127. The van der Waals surface area contributed by atoms with E-state index >= 15 is 0 Å². The zero-order valence-electron chi connectivity index (χ0n) is 20.3. The molecule has 0 bridgehead atoms. The lowest BCUT2D eigenvalue weighted by Gasteiger charge is -2.48. The number of nitrogens with zero attached hydrogens (tertiary/aromatic N) is 1. The second-order valence-corrected chi connectivity index (χ2v) is 9.79. The maximum Gasteiger partial charge on any atom is 0.412 e. The fourth-order valence-corrected chi connectivity index (χ4v) is 5.79. The summed E-state index contributed by atoms with van der Waals surface area (Å²) in [4.78, 5) is 78.3. The Hall–Kier alpha value is -4.06. The number of ether oxygens (including phenoxy) is 1. The van der Waals surface area contributed by atoms with Gasteiger partial charge in [-0.05, 0) is 30.4 Å². The largest absolute Gasteiger partial charge is 0.505 e. The third-order valence-corrected chi connectivity index (χ3v) is 7.43. The lowest BCUT2D eigenvalue weighted by molar-refractivity contribution is -0.175. The molecule has 0 saturated heterocycles. The molecule has 2 unspecified atom stereocenters. The normalized spacial score (nSPS) is 28.5. The fourth-order valence-electron chi connectivity index (χ4n) is 5.79. The molecule has 4 rings (SSSR count). The summed E-state index contributed by atoms with van der Waals surface area (Å²) in [5, 5.41) is 24.6. The van der Waals surface area contributed by atoms with Crippen molar-refractivity contribution in [3.63, 3.8) is 0 Å². The lowest BCUT2D eigenvalue weighted by atomic mass is 9.53. The number of nitrogens with one attached hydrogen (secondary N) is 1. The number of fused-ring (bicyclic) bond motifs is 3. The highest BCUT2D eigenvalue weighted by Crippen LogP contribution is 2.52. The van der Waals surface area contributed by atoms with E-state index in [1.807, 2.05) is 0 Å². The van der Waals surface area contributed by atoms with Crippen LogP contribution >= 0.6 is 0 Å². The van der Waals surface area contributed by atoms with Gasteiger partial charge in [0.05, 0.1) is 17.2 Å². The van der Waals surface area contributed by atoms with Crippen LogP contribution in [-0.4, -0.2) is 71.6 Å². The second-order valence-electron chi connectivity index (χ2n) is 9.79. The molecule has 0 aliphatic heterocycles. The van der Waals surface area contributed by atoms with Crippen molar-refractivity contribution >= 4 is 46.5 Å². The first-order valence-corrected chi connectivity index (χ1v) is 11.6. The number of nitrogens with two attached hydrogens (primary N) is 1. The molecule has 2 amide bonds. The van der Waals surface area contributed by atoms with E-state index in [0.717, 1.165) is 0 Å². The average molecular weight is 514 g/mol. The number of phenols is 1. The molecule has 0 heterocycles. The molecular formula is C25H27N3O9. The van der Waals surface area contributed by atoms with Crippen LogP contribution in [0.3, 0.4) is 0 Å². The molecule has 1 aromatic rings. The number of carbonyl (C=O) groups excluding carboxylic acids is 6. The van der Waals surface area contributed by atoms with Gasteiger partial charge < -0.3 is 25.6 Å². The molecule has 0 aromatic heterocycles. The summed E-state index contributed by atoms with van der Waals surface area (Å²) in [5.41, 5.74) is 2.99. The number of hydrogen-bond donors (Lipinski definition) is 4. The number of Topliss-reactive ketones (excluding diaryl/α,β-unsaturated/α-hetero) is 4. The Labute approximate surface area is 211 Å². The van der Waals surface area contributed by atoms with Gasteiger partial charge in [0, 0.05) is 32.1 Å². The van der Waals surface area contributed by atoms with Crippen LogP contribution < -0.4 is 16.0 Å². The predicted molar refractivity (Wildman–Crippen MR) is 128 cm³/mol. The highest BCUT2D eigenvalue weighted by Gasteiger charge is 2.66. The summed E-state index contributed by atoms with van der Waals surface area (Å²) in [6.45, 7) is 3.34. The van der Waals surface area contributed by atoms with Crippen molar-refractivity contribution in [2.24, 2.45) is 29.4 Å². The van der Waals surface area contributed by atoms with E-state index in [1.54, 1.807) is 19.0 Å². The van der Waals surface area contributed by atoms with E-state index in [4.69, 9.17) is 10.5 Å². The molecule has 12 nitrogen and oxygen atoms in total. The van der Waals surface area contributed by atoms with Crippen molar-refractivity contribution in [1.29, 1.82) is 0 Å². The molecular weight excluding hydrogens is 486 g/mol. The smallest absolute Gasteiger partial charge is 0.412 e. The zero-order valence-corrected chi connectivity index (χ0v) is 20.3. The minimum absolute atomic E-state index is 0.0113. The molecule has 2 fully saturated rings. The molecule has 1 aromatic carbocycles. The molecule has 3 aliphatic rings. The highest BCUT2D eigenvalue weighted by atomic mass is 16.5. The fraction of sp³-hybridized carbons (Fsp3) is 0.440. The minimum atomic E-state index is -2.73. The number of amides is 2. The summed E-state index contributed by atoms with van der Waals surface area (Å²) < 4.78 is 4.88. The van der Waals surface area contributed by atoms with E-state index in [9.17, 15) is 39.0 Å². The molecule has 37 heavy (non-hydrogen) atoms.